The molecule has 1 N–H and O–H groups in total. The normalized spacial score (nSPS) is 22.9. The number of hydrogen-bond donors (Lipinski definition) is 1. The van der Waals surface area contributed by atoms with Gasteiger partial charge in [-0.05, 0) is 38.1 Å². The van der Waals surface area contributed by atoms with Crippen LogP contribution in [-0.2, 0) is 11.3 Å². The van der Waals surface area contributed by atoms with E-state index in [4.69, 9.17) is 5.11 Å². The van der Waals surface area contributed by atoms with Gasteiger partial charge in [-0.25, -0.2) is 4.39 Å². The number of benzene rings is 1. The van der Waals surface area contributed by atoms with Gasteiger partial charge >= 0.3 is 5.97 Å². The molecule has 0 aromatic heterocycles. The molecule has 18 heavy (non-hydrogen) atoms. The Hall–Kier alpha value is -0.940. The average molecular weight is 316 g/mol. The molecule has 1 fully saturated rings. The molecular formula is C13H15BrFNO2. The van der Waals surface area contributed by atoms with Crippen LogP contribution < -0.4 is 0 Å². The van der Waals surface area contributed by atoms with Crippen molar-refractivity contribution < 1.29 is 14.3 Å². The van der Waals surface area contributed by atoms with Crippen molar-refractivity contribution in [1.29, 1.82) is 0 Å². The van der Waals surface area contributed by atoms with Gasteiger partial charge in [0.2, 0.25) is 0 Å². The first kappa shape index (κ1) is 13.5. The van der Waals surface area contributed by atoms with Crippen LogP contribution in [0, 0.1) is 11.7 Å². The minimum atomic E-state index is -0.728. The summed E-state index contributed by atoms with van der Waals surface area (Å²) in [5.74, 6) is -1.18. The first-order valence-corrected chi connectivity index (χ1v) is 6.63. The Morgan fingerprint density at radius 3 is 2.83 bits per heavy atom. The number of rotatable bonds is 4. The summed E-state index contributed by atoms with van der Waals surface area (Å²) in [6.07, 6.45) is 1.31. The molecule has 1 aromatic carbocycles. The monoisotopic (exact) mass is 315 g/mol. The second-order valence-corrected chi connectivity index (χ2v) is 5.73. The second kappa shape index (κ2) is 5.36. The van der Waals surface area contributed by atoms with E-state index in [1.165, 1.54) is 6.07 Å². The molecule has 1 aliphatic carbocycles. The third-order valence-electron chi connectivity index (χ3n) is 3.51. The minimum absolute atomic E-state index is 0.223. The van der Waals surface area contributed by atoms with Gasteiger partial charge in [-0.3, -0.25) is 9.69 Å². The van der Waals surface area contributed by atoms with E-state index in [0.29, 0.717) is 24.9 Å². The van der Waals surface area contributed by atoms with Crippen LogP contribution in [-0.4, -0.2) is 29.1 Å². The smallest absolute Gasteiger partial charge is 0.306 e. The Morgan fingerprint density at radius 1 is 1.56 bits per heavy atom. The molecule has 98 valence electrons. The minimum Gasteiger partial charge on any atom is -0.481 e. The lowest BCUT2D eigenvalue weighted by Crippen LogP contribution is -2.44. The standard InChI is InChI=1S/C13H15BrFNO2/c1-16(11-5-8(6-11)13(17)18)7-9-4-10(14)2-3-12(9)15/h2-4,8,11H,5-7H2,1H3,(H,17,18). The van der Waals surface area contributed by atoms with E-state index >= 15 is 0 Å². The molecule has 0 spiro atoms. The molecular weight excluding hydrogens is 301 g/mol. The Labute approximate surface area is 114 Å². The third kappa shape index (κ3) is 2.90. The van der Waals surface area contributed by atoms with Crippen LogP contribution in [0.15, 0.2) is 22.7 Å². The van der Waals surface area contributed by atoms with Crippen molar-refractivity contribution in [3.63, 3.8) is 0 Å². The summed E-state index contributed by atoms with van der Waals surface area (Å²) >= 11 is 3.32. The van der Waals surface area contributed by atoms with Crippen molar-refractivity contribution in [1.82, 2.24) is 4.90 Å². The van der Waals surface area contributed by atoms with Crippen LogP contribution in [0.25, 0.3) is 0 Å². The number of halogens is 2. The third-order valence-corrected chi connectivity index (χ3v) is 4.01. The van der Waals surface area contributed by atoms with E-state index in [1.54, 1.807) is 12.1 Å². The number of carbonyl (C=O) groups is 1. The SMILES string of the molecule is CN(Cc1cc(Br)ccc1F)C1CC(C(=O)O)C1. The Bertz CT molecular complexity index is 460. The van der Waals surface area contributed by atoms with Crippen LogP contribution in [0.2, 0.25) is 0 Å². The number of aliphatic carboxylic acids is 1. The highest BCUT2D eigenvalue weighted by atomic mass is 79.9. The van der Waals surface area contributed by atoms with Crippen molar-refractivity contribution >= 4 is 21.9 Å². The van der Waals surface area contributed by atoms with Crippen molar-refractivity contribution in [3.8, 4) is 0 Å². The predicted octanol–water partition coefficient (Wildman–Crippen LogP) is 2.88. The van der Waals surface area contributed by atoms with Gasteiger partial charge in [-0.15, -0.1) is 0 Å². The van der Waals surface area contributed by atoms with E-state index in [-0.39, 0.29) is 17.8 Å². The predicted molar refractivity (Wildman–Crippen MR) is 69.7 cm³/mol. The maximum absolute atomic E-state index is 13.6. The van der Waals surface area contributed by atoms with Crippen LogP contribution in [0.4, 0.5) is 4.39 Å². The zero-order chi connectivity index (χ0) is 13.3. The highest BCUT2D eigenvalue weighted by molar-refractivity contribution is 9.10. The van der Waals surface area contributed by atoms with Gasteiger partial charge in [0, 0.05) is 22.6 Å². The average Bonchev–Trinajstić information content (AvgIpc) is 2.20. The maximum atomic E-state index is 13.6. The first-order valence-electron chi connectivity index (χ1n) is 5.84. The Kier molecular flexibility index (Phi) is 4.02. The van der Waals surface area contributed by atoms with Crippen molar-refractivity contribution in [3.05, 3.63) is 34.1 Å². The summed E-state index contributed by atoms with van der Waals surface area (Å²) in [5, 5.41) is 8.82. The zero-order valence-electron chi connectivity index (χ0n) is 10.1. The zero-order valence-corrected chi connectivity index (χ0v) is 11.7. The Balaban J connectivity index is 1.94. The second-order valence-electron chi connectivity index (χ2n) is 4.81. The largest absolute Gasteiger partial charge is 0.481 e. The first-order chi connectivity index (χ1) is 8.47. The lowest BCUT2D eigenvalue weighted by atomic mass is 9.79. The van der Waals surface area contributed by atoms with Crippen LogP contribution in [0.3, 0.4) is 0 Å². The quantitative estimate of drug-likeness (QED) is 0.928. The van der Waals surface area contributed by atoms with Gasteiger partial charge in [0.05, 0.1) is 5.92 Å². The van der Waals surface area contributed by atoms with Gasteiger partial charge in [0.15, 0.2) is 0 Å². The number of hydrogen-bond acceptors (Lipinski definition) is 2. The molecule has 0 amide bonds. The lowest BCUT2D eigenvalue weighted by molar-refractivity contribution is -0.146. The molecule has 0 bridgehead atoms. The van der Waals surface area contributed by atoms with E-state index < -0.39 is 5.97 Å². The molecule has 0 radical (unpaired) electrons. The number of carboxylic acids is 1. The van der Waals surface area contributed by atoms with Crippen LogP contribution >= 0.6 is 15.9 Å². The van der Waals surface area contributed by atoms with Gasteiger partial charge in [-0.1, -0.05) is 15.9 Å². The Morgan fingerprint density at radius 2 is 2.22 bits per heavy atom. The fourth-order valence-corrected chi connectivity index (χ4v) is 2.62. The van der Waals surface area contributed by atoms with Crippen molar-refractivity contribution in [2.45, 2.75) is 25.4 Å². The molecule has 2 rings (SSSR count). The van der Waals surface area contributed by atoms with E-state index in [0.717, 1.165) is 4.47 Å². The van der Waals surface area contributed by atoms with Gasteiger partial charge in [-0.2, -0.15) is 0 Å². The molecule has 0 atom stereocenters. The molecule has 0 heterocycles. The summed E-state index contributed by atoms with van der Waals surface area (Å²) < 4.78 is 14.4. The molecule has 5 heteroatoms. The molecule has 0 unspecified atom stereocenters. The summed E-state index contributed by atoms with van der Waals surface area (Å²) in [6, 6.07) is 5.11. The lowest BCUT2D eigenvalue weighted by Gasteiger charge is -2.39. The summed E-state index contributed by atoms with van der Waals surface area (Å²) in [4.78, 5) is 12.7. The highest BCUT2D eigenvalue weighted by Gasteiger charge is 2.36. The molecule has 1 aliphatic rings. The maximum Gasteiger partial charge on any atom is 0.306 e. The van der Waals surface area contributed by atoms with Gasteiger partial charge in [0.25, 0.3) is 0 Å². The highest BCUT2D eigenvalue weighted by Crippen LogP contribution is 2.32. The fraction of sp³-hybridized carbons (Fsp3) is 0.462. The van der Waals surface area contributed by atoms with Crippen molar-refractivity contribution in [2.75, 3.05) is 7.05 Å². The van der Waals surface area contributed by atoms with Crippen molar-refractivity contribution in [2.24, 2.45) is 5.92 Å². The van der Waals surface area contributed by atoms with Crippen LogP contribution in [0.1, 0.15) is 18.4 Å². The van der Waals surface area contributed by atoms with E-state index in [1.807, 2.05) is 11.9 Å². The van der Waals surface area contributed by atoms with Gasteiger partial charge < -0.3 is 5.11 Å². The van der Waals surface area contributed by atoms with E-state index in [9.17, 15) is 9.18 Å². The van der Waals surface area contributed by atoms with Gasteiger partial charge in [0.1, 0.15) is 5.82 Å². The van der Waals surface area contributed by atoms with E-state index in [2.05, 4.69) is 15.9 Å². The molecule has 1 saturated carbocycles. The summed E-state index contributed by atoms with van der Waals surface area (Å²) in [6.45, 7) is 0.502. The molecule has 3 nitrogen and oxygen atoms in total. The van der Waals surface area contributed by atoms with Crippen LogP contribution in [0.5, 0.6) is 0 Å². The molecule has 1 aromatic rings. The molecule has 0 saturated heterocycles. The molecule has 0 aliphatic heterocycles. The topological polar surface area (TPSA) is 40.5 Å². The summed E-state index contributed by atoms with van der Waals surface area (Å²) in [5.41, 5.74) is 0.630. The summed E-state index contributed by atoms with van der Waals surface area (Å²) in [7, 11) is 1.91. The number of carboxylic acid groups (broad SMARTS) is 1. The fourth-order valence-electron chi connectivity index (χ4n) is 2.21. The number of nitrogens with zero attached hydrogens (tertiary/aromatic N) is 1.